The predicted molar refractivity (Wildman–Crippen MR) is 40.4 cm³/mol. The average Bonchev–Trinajstić information content (AvgIpc) is 1.95. The first kappa shape index (κ1) is 7.56. The highest BCUT2D eigenvalue weighted by atomic mass is 15.1. The predicted octanol–water partition coefficient (Wildman–Crippen LogP) is 1.24. The van der Waals surface area contributed by atoms with E-state index in [1.54, 1.807) is 0 Å². The zero-order valence-electron chi connectivity index (χ0n) is 6.67. The molecule has 1 aliphatic heterocycles. The molecule has 1 heterocycles. The highest BCUT2D eigenvalue weighted by Gasteiger charge is 2.21. The van der Waals surface area contributed by atoms with Gasteiger partial charge in [0.2, 0.25) is 0 Å². The highest BCUT2D eigenvalue weighted by Crippen LogP contribution is 2.18. The van der Waals surface area contributed by atoms with Crippen LogP contribution in [-0.4, -0.2) is 24.5 Å². The third-order valence-corrected chi connectivity index (χ3v) is 2.38. The van der Waals surface area contributed by atoms with Crippen LogP contribution >= 0.6 is 0 Å². The van der Waals surface area contributed by atoms with Crippen molar-refractivity contribution in [2.45, 2.75) is 25.8 Å². The van der Waals surface area contributed by atoms with Crippen LogP contribution < -0.4 is 0 Å². The second-order valence-corrected chi connectivity index (χ2v) is 3.19. The minimum Gasteiger partial charge on any atom is -0.302 e. The summed E-state index contributed by atoms with van der Waals surface area (Å²) in [4.78, 5) is 2.26. The van der Waals surface area contributed by atoms with Crippen LogP contribution in [0.2, 0.25) is 0 Å². The molecule has 0 N–H and O–H groups in total. The molecule has 2 nitrogen and oxygen atoms in total. The maximum Gasteiger partial charge on any atom is 0.0669 e. The Morgan fingerprint density at radius 1 is 1.50 bits per heavy atom. The zero-order valence-corrected chi connectivity index (χ0v) is 6.67. The molecule has 0 spiro atoms. The first-order chi connectivity index (χ1) is 4.74. The fourth-order valence-corrected chi connectivity index (χ4v) is 1.39. The van der Waals surface area contributed by atoms with E-state index in [-0.39, 0.29) is 5.92 Å². The zero-order chi connectivity index (χ0) is 7.56. The largest absolute Gasteiger partial charge is 0.302 e. The van der Waals surface area contributed by atoms with Crippen molar-refractivity contribution in [2.75, 3.05) is 13.6 Å². The molecule has 0 saturated carbocycles. The molecule has 0 bridgehead atoms. The molecule has 0 amide bonds. The van der Waals surface area contributed by atoms with Gasteiger partial charge in [-0.3, -0.25) is 0 Å². The summed E-state index contributed by atoms with van der Waals surface area (Å²) in [5.74, 6) is 0.279. The molecule has 2 atom stereocenters. The molecule has 0 aromatic heterocycles. The fourth-order valence-electron chi connectivity index (χ4n) is 1.39. The van der Waals surface area contributed by atoms with Gasteiger partial charge in [-0.15, -0.1) is 0 Å². The summed E-state index contributed by atoms with van der Waals surface area (Å²) in [5.41, 5.74) is 0. The maximum atomic E-state index is 8.62. The van der Waals surface area contributed by atoms with E-state index in [1.807, 2.05) is 0 Å². The Labute approximate surface area is 62.4 Å². The van der Waals surface area contributed by atoms with Crippen molar-refractivity contribution in [3.63, 3.8) is 0 Å². The SMILES string of the molecule is CC1CCC(C#N)CN1C. The van der Waals surface area contributed by atoms with Crippen LogP contribution in [0.3, 0.4) is 0 Å². The summed E-state index contributed by atoms with van der Waals surface area (Å²) < 4.78 is 0. The van der Waals surface area contributed by atoms with Crippen LogP contribution in [0.4, 0.5) is 0 Å². The van der Waals surface area contributed by atoms with Gasteiger partial charge in [0.15, 0.2) is 0 Å². The molecule has 0 aromatic carbocycles. The third-order valence-electron chi connectivity index (χ3n) is 2.38. The topological polar surface area (TPSA) is 27.0 Å². The Morgan fingerprint density at radius 3 is 2.70 bits per heavy atom. The van der Waals surface area contributed by atoms with E-state index < -0.39 is 0 Å². The van der Waals surface area contributed by atoms with Crippen LogP contribution in [0, 0.1) is 17.2 Å². The number of hydrogen-bond donors (Lipinski definition) is 0. The lowest BCUT2D eigenvalue weighted by Gasteiger charge is -2.32. The number of rotatable bonds is 0. The Kier molecular flexibility index (Phi) is 2.29. The molecule has 56 valence electrons. The van der Waals surface area contributed by atoms with E-state index >= 15 is 0 Å². The second-order valence-electron chi connectivity index (χ2n) is 3.19. The molecule has 0 aliphatic carbocycles. The van der Waals surface area contributed by atoms with Crippen molar-refractivity contribution in [1.29, 1.82) is 5.26 Å². The molecule has 2 heteroatoms. The first-order valence-electron chi connectivity index (χ1n) is 3.84. The first-order valence-corrected chi connectivity index (χ1v) is 3.84. The number of hydrogen-bond acceptors (Lipinski definition) is 2. The van der Waals surface area contributed by atoms with E-state index in [4.69, 9.17) is 5.26 Å². The molecular weight excluding hydrogens is 124 g/mol. The van der Waals surface area contributed by atoms with Gasteiger partial charge in [-0.05, 0) is 26.8 Å². The number of nitrogens with zero attached hydrogens (tertiary/aromatic N) is 2. The fraction of sp³-hybridized carbons (Fsp3) is 0.875. The van der Waals surface area contributed by atoms with Crippen molar-refractivity contribution in [2.24, 2.45) is 5.92 Å². The Bertz CT molecular complexity index is 148. The van der Waals surface area contributed by atoms with E-state index in [9.17, 15) is 0 Å². The van der Waals surface area contributed by atoms with Gasteiger partial charge in [-0.25, -0.2) is 0 Å². The summed E-state index contributed by atoms with van der Waals surface area (Å²) >= 11 is 0. The minimum atomic E-state index is 0.279. The average molecular weight is 138 g/mol. The summed E-state index contributed by atoms with van der Waals surface area (Å²) in [6.45, 7) is 3.17. The van der Waals surface area contributed by atoms with Gasteiger partial charge < -0.3 is 4.90 Å². The summed E-state index contributed by atoms with van der Waals surface area (Å²) in [7, 11) is 2.09. The number of piperidine rings is 1. The van der Waals surface area contributed by atoms with Gasteiger partial charge in [-0.2, -0.15) is 5.26 Å². The molecule has 1 fully saturated rings. The Balaban J connectivity index is 2.42. The monoisotopic (exact) mass is 138 g/mol. The van der Waals surface area contributed by atoms with Gasteiger partial charge in [0.25, 0.3) is 0 Å². The van der Waals surface area contributed by atoms with Crippen molar-refractivity contribution in [1.82, 2.24) is 4.90 Å². The lowest BCUT2D eigenvalue weighted by atomic mass is 9.95. The molecule has 1 aliphatic rings. The van der Waals surface area contributed by atoms with E-state index in [0.29, 0.717) is 6.04 Å². The molecule has 0 radical (unpaired) electrons. The smallest absolute Gasteiger partial charge is 0.0669 e. The van der Waals surface area contributed by atoms with Crippen molar-refractivity contribution in [3.05, 3.63) is 0 Å². The number of nitriles is 1. The van der Waals surface area contributed by atoms with Gasteiger partial charge in [-0.1, -0.05) is 0 Å². The minimum absolute atomic E-state index is 0.279. The van der Waals surface area contributed by atoms with Gasteiger partial charge >= 0.3 is 0 Å². The lowest BCUT2D eigenvalue weighted by Crippen LogP contribution is -2.38. The van der Waals surface area contributed by atoms with Crippen LogP contribution in [0.1, 0.15) is 19.8 Å². The molecule has 1 rings (SSSR count). The standard InChI is InChI=1S/C8H14N2/c1-7-3-4-8(5-9)6-10(7)2/h7-8H,3-4,6H2,1-2H3. The lowest BCUT2D eigenvalue weighted by molar-refractivity contribution is 0.173. The molecular formula is C8H14N2. The van der Waals surface area contributed by atoms with E-state index in [1.165, 1.54) is 6.42 Å². The van der Waals surface area contributed by atoms with E-state index in [0.717, 1.165) is 13.0 Å². The molecule has 0 aromatic rings. The van der Waals surface area contributed by atoms with Crippen molar-refractivity contribution < 1.29 is 0 Å². The molecule has 10 heavy (non-hydrogen) atoms. The van der Waals surface area contributed by atoms with Crippen LogP contribution in [0.15, 0.2) is 0 Å². The maximum absolute atomic E-state index is 8.62. The van der Waals surface area contributed by atoms with Crippen LogP contribution in [0.5, 0.6) is 0 Å². The van der Waals surface area contributed by atoms with Gasteiger partial charge in [0, 0.05) is 12.6 Å². The normalized spacial score (nSPS) is 35.3. The Morgan fingerprint density at radius 2 is 2.20 bits per heavy atom. The van der Waals surface area contributed by atoms with Gasteiger partial charge in [0.1, 0.15) is 0 Å². The molecule has 2 unspecified atom stereocenters. The highest BCUT2D eigenvalue weighted by molar-refractivity contribution is 4.89. The third kappa shape index (κ3) is 1.48. The summed E-state index contributed by atoms with van der Waals surface area (Å²) in [6, 6.07) is 2.98. The van der Waals surface area contributed by atoms with Crippen LogP contribution in [0.25, 0.3) is 0 Å². The summed E-state index contributed by atoms with van der Waals surface area (Å²) in [6.07, 6.45) is 2.26. The van der Waals surface area contributed by atoms with Gasteiger partial charge in [0.05, 0.1) is 12.0 Å². The number of likely N-dealkylation sites (tertiary alicyclic amines) is 1. The quantitative estimate of drug-likeness (QED) is 0.503. The second kappa shape index (κ2) is 3.03. The van der Waals surface area contributed by atoms with E-state index in [2.05, 4.69) is 24.9 Å². The Hall–Kier alpha value is -0.550. The summed E-state index contributed by atoms with van der Waals surface area (Å²) in [5, 5.41) is 8.62. The van der Waals surface area contributed by atoms with Crippen molar-refractivity contribution in [3.8, 4) is 6.07 Å². The van der Waals surface area contributed by atoms with Crippen LogP contribution in [-0.2, 0) is 0 Å². The van der Waals surface area contributed by atoms with Crippen molar-refractivity contribution >= 4 is 0 Å². The molecule has 1 saturated heterocycles.